The summed E-state index contributed by atoms with van der Waals surface area (Å²) >= 11 is 0. The Morgan fingerprint density at radius 3 is 2.76 bits per heavy atom. The van der Waals surface area contributed by atoms with Crippen molar-refractivity contribution in [3.05, 3.63) is 53.6 Å². The topological polar surface area (TPSA) is 26.3 Å². The molecule has 0 N–H and O–H groups in total. The number of methoxy groups -OCH3 is 1. The summed E-state index contributed by atoms with van der Waals surface area (Å²) < 4.78 is 5.38. The second kappa shape index (κ2) is 4.20. The zero-order chi connectivity index (χ0) is 14.6. The quantitative estimate of drug-likeness (QED) is 0.785. The minimum absolute atomic E-state index is 0.307. The Morgan fingerprint density at radius 1 is 1.14 bits per heavy atom. The molecule has 0 saturated heterocycles. The lowest BCUT2D eigenvalue weighted by Gasteiger charge is -2.38. The maximum atomic E-state index is 12.6. The highest BCUT2D eigenvalue weighted by Crippen LogP contribution is 2.56. The SMILES string of the molecule is COc1ccc2c(c1)-c1ccccc1[C@H]1CCC(=O)[C@]21C. The molecule has 106 valence electrons. The van der Waals surface area contributed by atoms with Gasteiger partial charge >= 0.3 is 0 Å². The third-order valence-corrected chi connectivity index (χ3v) is 5.35. The molecule has 0 heterocycles. The third kappa shape index (κ3) is 1.50. The van der Waals surface area contributed by atoms with Crippen LogP contribution in [0.4, 0.5) is 0 Å². The molecule has 0 radical (unpaired) electrons. The average molecular weight is 278 g/mol. The molecule has 21 heavy (non-hydrogen) atoms. The largest absolute Gasteiger partial charge is 0.497 e. The Balaban J connectivity index is 2.07. The van der Waals surface area contributed by atoms with Crippen LogP contribution < -0.4 is 4.74 Å². The van der Waals surface area contributed by atoms with Gasteiger partial charge in [0, 0.05) is 12.3 Å². The molecule has 2 aromatic rings. The summed E-state index contributed by atoms with van der Waals surface area (Å²) in [6.45, 7) is 2.12. The van der Waals surface area contributed by atoms with Crippen molar-refractivity contribution in [3.63, 3.8) is 0 Å². The van der Waals surface area contributed by atoms with Gasteiger partial charge in [-0.25, -0.2) is 0 Å². The Bertz CT molecular complexity index is 747. The van der Waals surface area contributed by atoms with Gasteiger partial charge in [-0.1, -0.05) is 30.3 Å². The number of ether oxygens (including phenoxy) is 1. The highest BCUT2D eigenvalue weighted by molar-refractivity contribution is 5.98. The van der Waals surface area contributed by atoms with Crippen LogP contribution in [0.25, 0.3) is 11.1 Å². The van der Waals surface area contributed by atoms with E-state index in [4.69, 9.17) is 4.74 Å². The van der Waals surface area contributed by atoms with Crippen molar-refractivity contribution in [2.75, 3.05) is 7.11 Å². The average Bonchev–Trinajstić information content (AvgIpc) is 2.84. The fourth-order valence-electron chi connectivity index (χ4n) is 4.19. The minimum Gasteiger partial charge on any atom is -0.497 e. The standard InChI is InChI=1S/C19H18O2/c1-19-16(9-10-18(19)20)14-6-4-3-5-13(14)15-11-12(21-2)7-8-17(15)19/h3-8,11,16H,9-10H2,1-2H3/t16-,19+/m1/s1. The van der Waals surface area contributed by atoms with E-state index < -0.39 is 0 Å². The molecule has 1 fully saturated rings. The number of carbonyl (C=O) groups excluding carboxylic acids is 1. The van der Waals surface area contributed by atoms with Gasteiger partial charge < -0.3 is 4.74 Å². The summed E-state index contributed by atoms with van der Waals surface area (Å²) in [5, 5.41) is 0. The van der Waals surface area contributed by atoms with E-state index in [9.17, 15) is 4.79 Å². The molecule has 2 aromatic carbocycles. The summed E-state index contributed by atoms with van der Waals surface area (Å²) in [6.07, 6.45) is 1.64. The van der Waals surface area contributed by atoms with E-state index in [2.05, 4.69) is 43.3 Å². The van der Waals surface area contributed by atoms with E-state index >= 15 is 0 Å². The molecule has 0 spiro atoms. The molecule has 2 atom stereocenters. The smallest absolute Gasteiger partial charge is 0.143 e. The Hall–Kier alpha value is -2.09. The van der Waals surface area contributed by atoms with Crippen LogP contribution >= 0.6 is 0 Å². The Morgan fingerprint density at radius 2 is 1.95 bits per heavy atom. The van der Waals surface area contributed by atoms with E-state index in [0.717, 1.165) is 23.3 Å². The van der Waals surface area contributed by atoms with Crippen LogP contribution in [0.5, 0.6) is 5.75 Å². The van der Waals surface area contributed by atoms with Gasteiger partial charge in [0.05, 0.1) is 12.5 Å². The molecular formula is C19H18O2. The maximum Gasteiger partial charge on any atom is 0.143 e. The number of benzene rings is 2. The van der Waals surface area contributed by atoms with Crippen molar-refractivity contribution >= 4 is 5.78 Å². The monoisotopic (exact) mass is 278 g/mol. The zero-order valence-electron chi connectivity index (χ0n) is 12.3. The van der Waals surface area contributed by atoms with E-state index in [0.29, 0.717) is 18.1 Å². The van der Waals surface area contributed by atoms with Crippen molar-refractivity contribution in [2.45, 2.75) is 31.1 Å². The van der Waals surface area contributed by atoms with Crippen LogP contribution in [-0.2, 0) is 10.2 Å². The van der Waals surface area contributed by atoms with E-state index in [1.165, 1.54) is 11.1 Å². The van der Waals surface area contributed by atoms with Crippen molar-refractivity contribution in [1.29, 1.82) is 0 Å². The predicted molar refractivity (Wildman–Crippen MR) is 82.8 cm³/mol. The lowest BCUT2D eigenvalue weighted by molar-refractivity contribution is -0.121. The van der Waals surface area contributed by atoms with Gasteiger partial charge in [-0.15, -0.1) is 0 Å². The van der Waals surface area contributed by atoms with Crippen LogP contribution in [0.3, 0.4) is 0 Å². The van der Waals surface area contributed by atoms with Crippen LogP contribution in [0, 0.1) is 0 Å². The second-order valence-electron chi connectivity index (χ2n) is 6.22. The van der Waals surface area contributed by atoms with Gasteiger partial charge in [0.2, 0.25) is 0 Å². The van der Waals surface area contributed by atoms with Gasteiger partial charge in [0.1, 0.15) is 11.5 Å². The van der Waals surface area contributed by atoms with Crippen molar-refractivity contribution < 1.29 is 9.53 Å². The van der Waals surface area contributed by atoms with Crippen LogP contribution in [0.15, 0.2) is 42.5 Å². The molecule has 2 heteroatoms. The Labute approximate surface area is 124 Å². The molecule has 2 aliphatic carbocycles. The first-order valence-corrected chi connectivity index (χ1v) is 7.47. The minimum atomic E-state index is -0.379. The van der Waals surface area contributed by atoms with Gasteiger partial charge in [0.15, 0.2) is 0 Å². The second-order valence-corrected chi connectivity index (χ2v) is 6.22. The van der Waals surface area contributed by atoms with Gasteiger partial charge in [0.25, 0.3) is 0 Å². The number of Topliss-reactive ketones (excluding diaryl/α,β-unsaturated/α-hetero) is 1. The molecule has 0 bridgehead atoms. The first-order chi connectivity index (χ1) is 10.2. The molecular weight excluding hydrogens is 260 g/mol. The molecule has 2 aliphatic rings. The van der Waals surface area contributed by atoms with Crippen molar-refractivity contribution in [3.8, 4) is 16.9 Å². The summed E-state index contributed by atoms with van der Waals surface area (Å²) in [6, 6.07) is 14.6. The number of carbonyl (C=O) groups is 1. The Kier molecular flexibility index (Phi) is 2.53. The summed E-state index contributed by atoms with van der Waals surface area (Å²) in [4.78, 5) is 12.6. The molecule has 0 aliphatic heterocycles. The summed E-state index contributed by atoms with van der Waals surface area (Å²) in [5.41, 5.74) is 4.50. The van der Waals surface area contributed by atoms with E-state index in [-0.39, 0.29) is 5.41 Å². The van der Waals surface area contributed by atoms with Gasteiger partial charge in [-0.2, -0.15) is 0 Å². The molecule has 2 nitrogen and oxygen atoms in total. The number of ketones is 1. The first kappa shape index (κ1) is 12.6. The number of rotatable bonds is 1. The molecule has 1 saturated carbocycles. The predicted octanol–water partition coefficient (Wildman–Crippen LogP) is 4.08. The maximum absolute atomic E-state index is 12.6. The number of hydrogen-bond acceptors (Lipinski definition) is 2. The number of fused-ring (bicyclic) bond motifs is 6. The van der Waals surface area contributed by atoms with Gasteiger partial charge in [-0.3, -0.25) is 4.79 Å². The highest BCUT2D eigenvalue weighted by Gasteiger charge is 2.51. The number of hydrogen-bond donors (Lipinski definition) is 0. The lowest BCUT2D eigenvalue weighted by Crippen LogP contribution is -2.36. The molecule has 0 amide bonds. The van der Waals surface area contributed by atoms with Crippen LogP contribution in [-0.4, -0.2) is 12.9 Å². The fourth-order valence-corrected chi connectivity index (χ4v) is 4.19. The molecule has 0 unspecified atom stereocenters. The first-order valence-electron chi connectivity index (χ1n) is 7.47. The van der Waals surface area contributed by atoms with Crippen molar-refractivity contribution in [1.82, 2.24) is 0 Å². The summed E-state index contributed by atoms with van der Waals surface area (Å²) in [7, 11) is 1.68. The fraction of sp³-hybridized carbons (Fsp3) is 0.316. The van der Waals surface area contributed by atoms with Gasteiger partial charge in [-0.05, 0) is 47.7 Å². The van der Waals surface area contributed by atoms with Crippen molar-refractivity contribution in [2.24, 2.45) is 0 Å². The van der Waals surface area contributed by atoms with E-state index in [1.54, 1.807) is 7.11 Å². The van der Waals surface area contributed by atoms with Crippen LogP contribution in [0.2, 0.25) is 0 Å². The molecule has 4 rings (SSSR count). The third-order valence-electron chi connectivity index (χ3n) is 5.35. The normalized spacial score (nSPS) is 26.0. The highest BCUT2D eigenvalue weighted by atomic mass is 16.5. The lowest BCUT2D eigenvalue weighted by atomic mass is 9.63. The summed E-state index contributed by atoms with van der Waals surface area (Å²) in [5.74, 6) is 1.52. The van der Waals surface area contributed by atoms with Crippen LogP contribution in [0.1, 0.15) is 36.8 Å². The molecule has 0 aromatic heterocycles. The van der Waals surface area contributed by atoms with E-state index in [1.807, 2.05) is 6.07 Å². The zero-order valence-corrected chi connectivity index (χ0v) is 12.3.